The number of carbonyl (C=O) groups excluding carboxylic acids is 2. The zero-order valence-electron chi connectivity index (χ0n) is 13.2. The Bertz CT molecular complexity index is 600. The van der Waals surface area contributed by atoms with Crippen molar-refractivity contribution in [3.8, 4) is 0 Å². The SMILES string of the molecule is CCNC(=O)CCCC(=O)N1CCc2ccccc2C1C(=O)O. The molecule has 1 aromatic carbocycles. The topological polar surface area (TPSA) is 86.7 Å². The highest BCUT2D eigenvalue weighted by Gasteiger charge is 2.35. The summed E-state index contributed by atoms with van der Waals surface area (Å²) < 4.78 is 0. The van der Waals surface area contributed by atoms with Crippen LogP contribution in [0.25, 0.3) is 0 Å². The molecule has 1 atom stereocenters. The molecule has 1 aliphatic rings. The fraction of sp³-hybridized carbons (Fsp3) is 0.471. The minimum absolute atomic E-state index is 0.0842. The Labute approximate surface area is 135 Å². The number of rotatable bonds is 6. The fourth-order valence-electron chi connectivity index (χ4n) is 2.93. The van der Waals surface area contributed by atoms with Crippen molar-refractivity contribution in [1.82, 2.24) is 10.2 Å². The lowest BCUT2D eigenvalue weighted by atomic mass is 9.92. The van der Waals surface area contributed by atoms with E-state index >= 15 is 0 Å². The van der Waals surface area contributed by atoms with Crippen molar-refractivity contribution in [3.63, 3.8) is 0 Å². The number of benzene rings is 1. The molecule has 6 nitrogen and oxygen atoms in total. The van der Waals surface area contributed by atoms with Gasteiger partial charge in [-0.3, -0.25) is 9.59 Å². The van der Waals surface area contributed by atoms with Crippen molar-refractivity contribution in [2.24, 2.45) is 0 Å². The normalized spacial score (nSPS) is 16.6. The lowest BCUT2D eigenvalue weighted by Crippen LogP contribution is -2.43. The summed E-state index contributed by atoms with van der Waals surface area (Å²) in [5.74, 6) is -1.32. The van der Waals surface area contributed by atoms with Crippen LogP contribution in [0.4, 0.5) is 0 Å². The van der Waals surface area contributed by atoms with Crippen LogP contribution in [0, 0.1) is 0 Å². The average Bonchev–Trinajstić information content (AvgIpc) is 2.53. The van der Waals surface area contributed by atoms with Crippen LogP contribution in [0.15, 0.2) is 24.3 Å². The van der Waals surface area contributed by atoms with Crippen molar-refractivity contribution in [2.75, 3.05) is 13.1 Å². The first-order valence-electron chi connectivity index (χ1n) is 7.91. The Kier molecular flexibility index (Phi) is 5.73. The number of fused-ring (bicyclic) bond motifs is 1. The summed E-state index contributed by atoms with van der Waals surface area (Å²) >= 11 is 0. The number of carboxylic acid groups (broad SMARTS) is 1. The van der Waals surface area contributed by atoms with E-state index in [-0.39, 0.29) is 24.7 Å². The van der Waals surface area contributed by atoms with Crippen LogP contribution in [0.2, 0.25) is 0 Å². The molecule has 1 aliphatic heterocycles. The zero-order chi connectivity index (χ0) is 16.8. The van der Waals surface area contributed by atoms with E-state index in [0.717, 1.165) is 5.56 Å². The minimum Gasteiger partial charge on any atom is -0.479 e. The van der Waals surface area contributed by atoms with Gasteiger partial charge in [-0.1, -0.05) is 24.3 Å². The molecule has 0 aromatic heterocycles. The number of nitrogens with one attached hydrogen (secondary N) is 1. The second kappa shape index (κ2) is 7.76. The van der Waals surface area contributed by atoms with E-state index in [4.69, 9.17) is 0 Å². The van der Waals surface area contributed by atoms with Crippen molar-refractivity contribution in [1.29, 1.82) is 0 Å². The third kappa shape index (κ3) is 4.09. The molecule has 0 fully saturated rings. The second-order valence-corrected chi connectivity index (χ2v) is 5.58. The third-order valence-electron chi connectivity index (χ3n) is 4.01. The smallest absolute Gasteiger partial charge is 0.331 e. The highest BCUT2D eigenvalue weighted by molar-refractivity contribution is 5.86. The van der Waals surface area contributed by atoms with E-state index in [1.165, 1.54) is 4.90 Å². The molecule has 1 unspecified atom stereocenters. The van der Waals surface area contributed by atoms with Crippen LogP contribution in [0.3, 0.4) is 0 Å². The van der Waals surface area contributed by atoms with Gasteiger partial charge in [-0.2, -0.15) is 0 Å². The molecule has 124 valence electrons. The van der Waals surface area contributed by atoms with E-state index in [1.54, 1.807) is 12.1 Å². The summed E-state index contributed by atoms with van der Waals surface area (Å²) in [6.07, 6.45) is 1.54. The van der Waals surface area contributed by atoms with Gasteiger partial charge in [0, 0.05) is 25.9 Å². The second-order valence-electron chi connectivity index (χ2n) is 5.58. The van der Waals surface area contributed by atoms with Crippen molar-refractivity contribution in [3.05, 3.63) is 35.4 Å². The quantitative estimate of drug-likeness (QED) is 0.832. The molecule has 2 rings (SSSR count). The van der Waals surface area contributed by atoms with Crippen LogP contribution < -0.4 is 5.32 Å². The van der Waals surface area contributed by atoms with Gasteiger partial charge < -0.3 is 15.3 Å². The summed E-state index contributed by atoms with van der Waals surface area (Å²) in [5.41, 5.74) is 1.66. The predicted octanol–water partition coefficient (Wildman–Crippen LogP) is 1.50. The van der Waals surface area contributed by atoms with Crippen molar-refractivity contribution < 1.29 is 19.5 Å². The Morgan fingerprint density at radius 1 is 1.26 bits per heavy atom. The van der Waals surface area contributed by atoms with Crippen molar-refractivity contribution >= 4 is 17.8 Å². The van der Waals surface area contributed by atoms with Gasteiger partial charge in [-0.25, -0.2) is 4.79 Å². The van der Waals surface area contributed by atoms with E-state index < -0.39 is 12.0 Å². The molecular formula is C17H22N2O4. The number of hydrogen-bond donors (Lipinski definition) is 2. The van der Waals surface area contributed by atoms with Gasteiger partial charge in [0.15, 0.2) is 6.04 Å². The largest absolute Gasteiger partial charge is 0.479 e. The monoisotopic (exact) mass is 318 g/mol. The van der Waals surface area contributed by atoms with Gasteiger partial charge in [0.2, 0.25) is 11.8 Å². The Balaban J connectivity index is 2.02. The van der Waals surface area contributed by atoms with Gasteiger partial charge in [-0.15, -0.1) is 0 Å². The third-order valence-corrected chi connectivity index (χ3v) is 4.01. The van der Waals surface area contributed by atoms with Crippen LogP contribution in [0.1, 0.15) is 43.4 Å². The summed E-state index contributed by atoms with van der Waals surface area (Å²) in [6, 6.07) is 6.40. The molecule has 2 amide bonds. The number of carbonyl (C=O) groups is 3. The Morgan fingerprint density at radius 2 is 2.00 bits per heavy atom. The number of hydrogen-bond acceptors (Lipinski definition) is 3. The summed E-state index contributed by atoms with van der Waals surface area (Å²) in [5, 5.41) is 12.2. The molecule has 0 spiro atoms. The average molecular weight is 318 g/mol. The fourth-order valence-corrected chi connectivity index (χ4v) is 2.93. The standard InChI is InChI=1S/C17H22N2O4/c1-2-18-14(20)8-5-9-15(21)19-11-10-12-6-3-4-7-13(12)16(19)17(22)23/h3-4,6-7,16H,2,5,8-11H2,1H3,(H,18,20)(H,22,23). The van der Waals surface area contributed by atoms with E-state index in [1.807, 2.05) is 19.1 Å². The number of nitrogens with zero attached hydrogens (tertiary/aromatic N) is 1. The van der Waals surface area contributed by atoms with Gasteiger partial charge in [-0.05, 0) is 30.9 Å². The molecule has 0 aliphatic carbocycles. The summed E-state index contributed by atoms with van der Waals surface area (Å²) in [6.45, 7) is 2.80. The first kappa shape index (κ1) is 17.0. The zero-order valence-corrected chi connectivity index (χ0v) is 13.2. The Morgan fingerprint density at radius 3 is 2.70 bits per heavy atom. The first-order chi connectivity index (χ1) is 11.0. The van der Waals surface area contributed by atoms with Crippen LogP contribution in [-0.4, -0.2) is 40.9 Å². The van der Waals surface area contributed by atoms with Crippen LogP contribution >= 0.6 is 0 Å². The van der Waals surface area contributed by atoms with Gasteiger partial charge >= 0.3 is 5.97 Å². The Hall–Kier alpha value is -2.37. The molecule has 0 saturated heterocycles. The molecule has 1 heterocycles. The van der Waals surface area contributed by atoms with Crippen LogP contribution in [0.5, 0.6) is 0 Å². The van der Waals surface area contributed by atoms with Crippen LogP contribution in [-0.2, 0) is 20.8 Å². The molecule has 0 bridgehead atoms. The van der Waals surface area contributed by atoms with E-state index in [0.29, 0.717) is 31.5 Å². The van der Waals surface area contributed by atoms with Gasteiger partial charge in [0.1, 0.15) is 0 Å². The first-order valence-corrected chi connectivity index (χ1v) is 7.91. The molecule has 2 N–H and O–H groups in total. The molecule has 0 radical (unpaired) electrons. The molecule has 23 heavy (non-hydrogen) atoms. The molecule has 1 aromatic rings. The predicted molar refractivity (Wildman–Crippen MR) is 84.8 cm³/mol. The molecule has 0 saturated carbocycles. The number of amides is 2. The van der Waals surface area contributed by atoms with Crippen molar-refractivity contribution in [2.45, 2.75) is 38.6 Å². The maximum atomic E-state index is 12.4. The highest BCUT2D eigenvalue weighted by Crippen LogP contribution is 2.30. The summed E-state index contributed by atoms with van der Waals surface area (Å²) in [4.78, 5) is 36.9. The maximum Gasteiger partial charge on any atom is 0.331 e. The maximum absolute atomic E-state index is 12.4. The lowest BCUT2D eigenvalue weighted by molar-refractivity contribution is -0.151. The minimum atomic E-state index is -1.02. The highest BCUT2D eigenvalue weighted by atomic mass is 16.4. The summed E-state index contributed by atoms with van der Waals surface area (Å²) in [7, 11) is 0. The number of aliphatic carboxylic acids is 1. The molecule has 6 heteroatoms. The van der Waals surface area contributed by atoms with E-state index in [9.17, 15) is 19.5 Å². The molecular weight excluding hydrogens is 296 g/mol. The van der Waals surface area contributed by atoms with Gasteiger partial charge in [0.25, 0.3) is 0 Å². The van der Waals surface area contributed by atoms with Gasteiger partial charge in [0.05, 0.1) is 0 Å². The van der Waals surface area contributed by atoms with E-state index in [2.05, 4.69) is 5.32 Å². The lowest BCUT2D eigenvalue weighted by Gasteiger charge is -2.34. The number of carboxylic acids is 1.